The monoisotopic (exact) mass is 638 g/mol. The molecular formula is C36H30N8O4. The Labute approximate surface area is 276 Å². The minimum absolute atomic E-state index is 0.143. The fourth-order valence-electron chi connectivity index (χ4n) is 6.52. The van der Waals surface area contributed by atoms with Gasteiger partial charge in [-0.15, -0.1) is 0 Å². The standard InChI is InChI=1S/C36H30N8O4/c45-41-27-9-3-15-33(41)35-17-5-11-29(43(35)47)23-40-20-26-8-2-14-32(38-26)31-13-1-7-25(37-31)19-39(21-27)22-28-10-4-16-34(42(28)46)36-18-6-12-30(24-40)44(36)48/h1-18H,19-24H2. The van der Waals surface area contributed by atoms with E-state index in [0.29, 0.717) is 47.3 Å². The molecule has 6 aromatic rings. The summed E-state index contributed by atoms with van der Waals surface area (Å²) in [6, 6.07) is 31.9. The zero-order valence-corrected chi connectivity index (χ0v) is 25.8. The third-order valence-corrected chi connectivity index (χ3v) is 8.80. The Kier molecular flexibility index (Phi) is 7.35. The molecule has 12 nitrogen and oxygen atoms in total. The van der Waals surface area contributed by atoms with Crippen LogP contribution in [0.1, 0.15) is 34.2 Å². The van der Waals surface area contributed by atoms with Crippen molar-refractivity contribution in [2.45, 2.75) is 39.3 Å². The second-order valence-electron chi connectivity index (χ2n) is 12.1. The molecule has 12 heteroatoms. The lowest BCUT2D eigenvalue weighted by molar-refractivity contribution is -0.638. The van der Waals surface area contributed by atoms with Crippen LogP contribution in [0.25, 0.3) is 34.2 Å². The largest absolute Gasteiger partial charge is 0.618 e. The van der Waals surface area contributed by atoms with Crippen LogP contribution in [0.2, 0.25) is 0 Å². The first-order chi connectivity index (χ1) is 23.4. The van der Waals surface area contributed by atoms with E-state index in [2.05, 4.69) is 0 Å². The van der Waals surface area contributed by atoms with Gasteiger partial charge in [-0.3, -0.25) is 9.80 Å². The molecule has 6 aromatic heterocycles. The quantitative estimate of drug-likeness (QED) is 0.183. The first kappa shape index (κ1) is 29.4. The summed E-state index contributed by atoms with van der Waals surface area (Å²) in [5, 5.41) is 55.8. The molecule has 0 unspecified atom stereocenters. The van der Waals surface area contributed by atoms with Gasteiger partial charge in [-0.1, -0.05) is 12.1 Å². The zero-order chi connectivity index (χ0) is 32.8. The summed E-state index contributed by atoms with van der Waals surface area (Å²) in [4.78, 5) is 13.8. The number of rotatable bonds is 0. The van der Waals surface area contributed by atoms with Crippen molar-refractivity contribution in [2.24, 2.45) is 0 Å². The van der Waals surface area contributed by atoms with Crippen LogP contribution in [0.5, 0.6) is 0 Å². The highest BCUT2D eigenvalue weighted by atomic mass is 16.5. The summed E-state index contributed by atoms with van der Waals surface area (Å²) < 4.78 is 3.15. The lowest BCUT2D eigenvalue weighted by Gasteiger charge is -2.23. The highest BCUT2D eigenvalue weighted by Crippen LogP contribution is 2.22. The van der Waals surface area contributed by atoms with Crippen LogP contribution in [0.4, 0.5) is 0 Å². The van der Waals surface area contributed by atoms with Gasteiger partial charge in [0, 0.05) is 61.6 Å². The molecule has 48 heavy (non-hydrogen) atoms. The maximum Gasteiger partial charge on any atom is 0.290 e. The minimum atomic E-state index is 0.143. The van der Waals surface area contributed by atoms with Crippen molar-refractivity contribution in [2.75, 3.05) is 0 Å². The van der Waals surface area contributed by atoms with Crippen molar-refractivity contribution >= 4 is 0 Å². The van der Waals surface area contributed by atoms with Gasteiger partial charge in [-0.25, -0.2) is 9.97 Å². The first-order valence-corrected chi connectivity index (χ1v) is 15.6. The molecule has 0 amide bonds. The lowest BCUT2D eigenvalue weighted by Crippen LogP contribution is -2.46. The van der Waals surface area contributed by atoms with E-state index >= 15 is 0 Å². The van der Waals surface area contributed by atoms with E-state index < -0.39 is 0 Å². The Morgan fingerprint density at radius 2 is 0.667 bits per heavy atom. The molecule has 0 N–H and O–H groups in total. The molecule has 9 heterocycles. The van der Waals surface area contributed by atoms with E-state index in [9.17, 15) is 20.8 Å². The minimum Gasteiger partial charge on any atom is -0.618 e. The van der Waals surface area contributed by atoms with E-state index in [4.69, 9.17) is 9.97 Å². The molecule has 3 aliphatic rings. The molecule has 238 valence electrons. The van der Waals surface area contributed by atoms with Crippen molar-refractivity contribution in [3.8, 4) is 34.2 Å². The molecule has 9 rings (SSSR count). The second kappa shape index (κ2) is 12.0. The van der Waals surface area contributed by atoms with Crippen LogP contribution in [-0.4, -0.2) is 19.8 Å². The van der Waals surface area contributed by atoms with Crippen LogP contribution in [0, 0.1) is 20.8 Å². The number of aromatic nitrogens is 6. The molecular weight excluding hydrogens is 608 g/mol. The number of nitrogens with zero attached hydrogens (tertiary/aromatic N) is 8. The second-order valence-corrected chi connectivity index (χ2v) is 12.1. The summed E-state index contributed by atoms with van der Waals surface area (Å²) in [6.07, 6.45) is 0. The first-order valence-electron chi connectivity index (χ1n) is 15.6. The van der Waals surface area contributed by atoms with Crippen molar-refractivity contribution in [3.63, 3.8) is 0 Å². The smallest absolute Gasteiger partial charge is 0.290 e. The Morgan fingerprint density at radius 3 is 0.979 bits per heavy atom. The Hall–Kier alpha value is -5.98. The predicted octanol–water partition coefficient (Wildman–Crippen LogP) is 3.04. The van der Waals surface area contributed by atoms with Crippen molar-refractivity contribution in [3.05, 3.63) is 164 Å². The van der Waals surface area contributed by atoms with Gasteiger partial charge in [0.05, 0.1) is 49.0 Å². The summed E-state index contributed by atoms with van der Waals surface area (Å²) >= 11 is 0. The fourth-order valence-corrected chi connectivity index (χ4v) is 6.52. The van der Waals surface area contributed by atoms with Gasteiger partial charge in [0.1, 0.15) is 0 Å². The average Bonchev–Trinajstić information content (AvgIpc) is 3.08. The van der Waals surface area contributed by atoms with E-state index in [-0.39, 0.29) is 49.0 Å². The third-order valence-electron chi connectivity index (χ3n) is 8.80. The Balaban J connectivity index is 1.40. The Bertz CT molecular complexity index is 1930. The number of hydrogen-bond donors (Lipinski definition) is 0. The zero-order valence-electron chi connectivity index (χ0n) is 25.8. The van der Waals surface area contributed by atoms with Crippen molar-refractivity contribution in [1.29, 1.82) is 0 Å². The molecule has 0 aromatic carbocycles. The maximum atomic E-state index is 14.0. The third kappa shape index (κ3) is 5.42. The van der Waals surface area contributed by atoms with Gasteiger partial charge in [-0.05, 0) is 48.5 Å². The van der Waals surface area contributed by atoms with Gasteiger partial charge in [0.25, 0.3) is 22.8 Å². The van der Waals surface area contributed by atoms with Gasteiger partial charge in [0.2, 0.25) is 22.8 Å². The summed E-state index contributed by atoms with van der Waals surface area (Å²) in [6.45, 7) is 1.16. The van der Waals surface area contributed by atoms with E-state index in [1.807, 2.05) is 46.2 Å². The average molecular weight is 639 g/mol. The van der Waals surface area contributed by atoms with Gasteiger partial charge in [-0.2, -0.15) is 18.9 Å². The fraction of sp³-hybridized carbons (Fsp3) is 0.167. The number of pyridine rings is 6. The summed E-state index contributed by atoms with van der Waals surface area (Å²) in [5.74, 6) is 0. The van der Waals surface area contributed by atoms with Crippen LogP contribution < -0.4 is 18.9 Å². The molecule has 0 spiro atoms. The normalized spacial score (nSPS) is 17.0. The molecule has 14 bridgehead atoms. The Morgan fingerprint density at radius 1 is 0.375 bits per heavy atom. The predicted molar refractivity (Wildman–Crippen MR) is 173 cm³/mol. The van der Waals surface area contributed by atoms with E-state index in [1.54, 1.807) is 72.8 Å². The molecule has 0 saturated carbocycles. The molecule has 0 aliphatic carbocycles. The molecule has 0 atom stereocenters. The van der Waals surface area contributed by atoms with Crippen LogP contribution in [-0.2, 0) is 39.3 Å². The van der Waals surface area contributed by atoms with Gasteiger partial charge >= 0.3 is 0 Å². The van der Waals surface area contributed by atoms with Crippen molar-refractivity contribution < 1.29 is 18.9 Å². The highest BCUT2D eigenvalue weighted by Gasteiger charge is 2.29. The van der Waals surface area contributed by atoms with E-state index in [0.717, 1.165) is 30.3 Å². The van der Waals surface area contributed by atoms with Gasteiger partial charge < -0.3 is 20.8 Å². The maximum absolute atomic E-state index is 14.0. The van der Waals surface area contributed by atoms with Crippen LogP contribution in [0.15, 0.2) is 109 Å². The topological polar surface area (TPSA) is 140 Å². The van der Waals surface area contributed by atoms with Crippen LogP contribution >= 0.6 is 0 Å². The van der Waals surface area contributed by atoms with Crippen molar-refractivity contribution in [1.82, 2.24) is 19.8 Å². The molecule has 3 aliphatic heterocycles. The van der Waals surface area contributed by atoms with E-state index in [1.165, 1.54) is 0 Å². The summed E-state index contributed by atoms with van der Waals surface area (Å²) in [5.41, 5.74) is 5.21. The SMILES string of the molecule is [O-][n+]1c2cccc1-c1cccc([n+]1[O-])CN1Cc3cccc(n3)-c3cccc(n3)CN(C2)Cc2cccc([n+]2[O-])-c2cccc([n+]2[O-])C1. The highest BCUT2D eigenvalue weighted by molar-refractivity contribution is 5.54. The number of hydrogen-bond acceptors (Lipinski definition) is 8. The molecule has 0 radical (unpaired) electrons. The van der Waals surface area contributed by atoms with Gasteiger partial charge in [0.15, 0.2) is 0 Å². The van der Waals surface area contributed by atoms with Crippen LogP contribution in [0.3, 0.4) is 0 Å². The summed E-state index contributed by atoms with van der Waals surface area (Å²) in [7, 11) is 0. The molecule has 0 fully saturated rings. The lowest BCUT2D eigenvalue weighted by atomic mass is 10.1. The molecule has 0 saturated heterocycles.